The fraction of sp³-hybridized carbons (Fsp3) is 0.167. The van der Waals surface area contributed by atoms with E-state index in [0.717, 1.165) is 11.3 Å². The predicted molar refractivity (Wildman–Crippen MR) is 66.3 cm³/mol. The van der Waals surface area contributed by atoms with Gasteiger partial charge in [0.2, 0.25) is 5.89 Å². The Kier molecular flexibility index (Phi) is 2.40. The highest BCUT2D eigenvalue weighted by molar-refractivity contribution is 5.74. The first-order chi connectivity index (χ1) is 8.74. The van der Waals surface area contributed by atoms with Crippen molar-refractivity contribution in [2.75, 3.05) is 12.8 Å². The molecule has 0 spiro atoms. The maximum atomic E-state index is 5.63. The van der Waals surface area contributed by atoms with Crippen LogP contribution >= 0.6 is 0 Å². The van der Waals surface area contributed by atoms with Crippen molar-refractivity contribution < 1.29 is 9.15 Å². The van der Waals surface area contributed by atoms with Gasteiger partial charge in [-0.2, -0.15) is 5.10 Å². The Bertz CT molecular complexity index is 686. The molecule has 0 bridgehead atoms. The van der Waals surface area contributed by atoms with Crippen molar-refractivity contribution in [1.82, 2.24) is 14.8 Å². The molecule has 6 nitrogen and oxygen atoms in total. The zero-order valence-electron chi connectivity index (χ0n) is 9.83. The number of hydrogen-bond acceptors (Lipinski definition) is 5. The number of nitrogens with zero attached hydrogens (tertiary/aromatic N) is 3. The molecule has 1 aromatic carbocycles. The first-order valence-corrected chi connectivity index (χ1v) is 5.46. The van der Waals surface area contributed by atoms with Crippen molar-refractivity contribution in [2.24, 2.45) is 0 Å². The van der Waals surface area contributed by atoms with Gasteiger partial charge in [-0.05, 0) is 12.1 Å². The fourth-order valence-corrected chi connectivity index (χ4v) is 1.75. The molecule has 0 amide bonds. The van der Waals surface area contributed by atoms with E-state index < -0.39 is 0 Å². The summed E-state index contributed by atoms with van der Waals surface area (Å²) >= 11 is 0. The second-order valence-electron chi connectivity index (χ2n) is 3.91. The normalized spacial score (nSPS) is 10.9. The summed E-state index contributed by atoms with van der Waals surface area (Å²) in [5.41, 5.74) is 7.71. The van der Waals surface area contributed by atoms with E-state index in [1.807, 2.05) is 18.2 Å². The van der Waals surface area contributed by atoms with E-state index in [-0.39, 0.29) is 0 Å². The maximum absolute atomic E-state index is 5.63. The standard InChI is InChI=1S/C12H12N4O2/c1-17-9-2-3-10-11(4-9)18-12(15-10)7-16-6-8(13)5-14-16/h2-6H,7,13H2,1H3. The number of nitrogens with two attached hydrogens (primary N) is 1. The number of ether oxygens (including phenoxy) is 1. The average Bonchev–Trinajstić information content (AvgIpc) is 2.94. The second-order valence-corrected chi connectivity index (χ2v) is 3.91. The molecule has 92 valence electrons. The number of benzene rings is 1. The molecule has 2 heterocycles. The molecule has 0 aliphatic carbocycles. The summed E-state index contributed by atoms with van der Waals surface area (Å²) in [6, 6.07) is 5.52. The highest BCUT2D eigenvalue weighted by atomic mass is 16.5. The minimum atomic E-state index is 0.453. The van der Waals surface area contributed by atoms with Gasteiger partial charge in [-0.15, -0.1) is 0 Å². The van der Waals surface area contributed by atoms with Crippen molar-refractivity contribution in [1.29, 1.82) is 0 Å². The highest BCUT2D eigenvalue weighted by Crippen LogP contribution is 2.21. The van der Waals surface area contributed by atoms with E-state index in [1.54, 1.807) is 24.2 Å². The lowest BCUT2D eigenvalue weighted by molar-refractivity contribution is 0.414. The van der Waals surface area contributed by atoms with Crippen LogP contribution < -0.4 is 10.5 Å². The lowest BCUT2D eigenvalue weighted by Gasteiger charge is -1.96. The number of rotatable bonds is 3. The Labute approximate surface area is 103 Å². The summed E-state index contributed by atoms with van der Waals surface area (Å²) in [7, 11) is 1.62. The quantitative estimate of drug-likeness (QED) is 0.758. The molecule has 0 fully saturated rings. The second kappa shape index (κ2) is 4.06. The minimum Gasteiger partial charge on any atom is -0.497 e. The molecule has 0 saturated carbocycles. The molecule has 0 saturated heterocycles. The van der Waals surface area contributed by atoms with Crippen LogP contribution in [0.15, 0.2) is 35.0 Å². The van der Waals surface area contributed by atoms with Gasteiger partial charge in [-0.1, -0.05) is 0 Å². The van der Waals surface area contributed by atoms with Crippen LogP contribution in [-0.4, -0.2) is 21.9 Å². The van der Waals surface area contributed by atoms with Crippen molar-refractivity contribution in [2.45, 2.75) is 6.54 Å². The SMILES string of the molecule is COc1ccc2nc(Cn3cc(N)cn3)oc2c1. The Balaban J connectivity index is 1.93. The largest absolute Gasteiger partial charge is 0.497 e. The van der Waals surface area contributed by atoms with E-state index in [1.165, 1.54) is 0 Å². The Morgan fingerprint density at radius 1 is 1.44 bits per heavy atom. The van der Waals surface area contributed by atoms with Crippen LogP contribution in [0.5, 0.6) is 5.75 Å². The Morgan fingerprint density at radius 3 is 3.06 bits per heavy atom. The summed E-state index contributed by atoms with van der Waals surface area (Å²) in [5, 5.41) is 4.08. The molecule has 3 rings (SSSR count). The summed E-state index contributed by atoms with van der Waals surface area (Å²) in [6.07, 6.45) is 3.32. The van der Waals surface area contributed by atoms with Gasteiger partial charge in [-0.25, -0.2) is 4.98 Å². The summed E-state index contributed by atoms with van der Waals surface area (Å²) in [4.78, 5) is 4.37. The monoisotopic (exact) mass is 244 g/mol. The van der Waals surface area contributed by atoms with E-state index >= 15 is 0 Å². The topological polar surface area (TPSA) is 79.1 Å². The van der Waals surface area contributed by atoms with Crippen LogP contribution in [0.4, 0.5) is 5.69 Å². The van der Waals surface area contributed by atoms with Gasteiger partial charge in [-0.3, -0.25) is 4.68 Å². The number of fused-ring (bicyclic) bond motifs is 1. The highest BCUT2D eigenvalue weighted by Gasteiger charge is 2.08. The lowest BCUT2D eigenvalue weighted by atomic mass is 10.3. The van der Waals surface area contributed by atoms with Crippen LogP contribution in [-0.2, 0) is 6.54 Å². The molecule has 0 aliphatic heterocycles. The van der Waals surface area contributed by atoms with Crippen LogP contribution in [0, 0.1) is 0 Å². The van der Waals surface area contributed by atoms with Gasteiger partial charge in [0.15, 0.2) is 5.58 Å². The van der Waals surface area contributed by atoms with E-state index in [4.69, 9.17) is 14.9 Å². The first kappa shape index (κ1) is 10.6. The minimum absolute atomic E-state index is 0.453. The van der Waals surface area contributed by atoms with Crippen molar-refractivity contribution in [3.05, 3.63) is 36.5 Å². The average molecular weight is 244 g/mol. The first-order valence-electron chi connectivity index (χ1n) is 5.46. The maximum Gasteiger partial charge on any atom is 0.217 e. The van der Waals surface area contributed by atoms with E-state index in [2.05, 4.69) is 10.1 Å². The van der Waals surface area contributed by atoms with Gasteiger partial charge in [0.05, 0.1) is 19.0 Å². The van der Waals surface area contributed by atoms with Gasteiger partial charge < -0.3 is 14.9 Å². The third kappa shape index (κ3) is 1.88. The molecule has 0 unspecified atom stereocenters. The van der Waals surface area contributed by atoms with E-state index in [0.29, 0.717) is 23.7 Å². The lowest BCUT2D eigenvalue weighted by Crippen LogP contribution is -1.99. The van der Waals surface area contributed by atoms with Gasteiger partial charge in [0.25, 0.3) is 0 Å². The number of aromatic nitrogens is 3. The van der Waals surface area contributed by atoms with Gasteiger partial charge in [0.1, 0.15) is 17.8 Å². The van der Waals surface area contributed by atoms with Gasteiger partial charge >= 0.3 is 0 Å². The Morgan fingerprint density at radius 2 is 2.33 bits per heavy atom. The fourth-order valence-electron chi connectivity index (χ4n) is 1.75. The summed E-state index contributed by atoms with van der Waals surface area (Å²) < 4.78 is 12.4. The summed E-state index contributed by atoms with van der Waals surface area (Å²) in [6.45, 7) is 0.453. The number of anilines is 1. The third-order valence-corrected chi connectivity index (χ3v) is 2.59. The molecule has 3 aromatic rings. The third-order valence-electron chi connectivity index (χ3n) is 2.59. The molecule has 18 heavy (non-hydrogen) atoms. The zero-order chi connectivity index (χ0) is 12.5. The molecule has 6 heteroatoms. The molecular formula is C12H12N4O2. The van der Waals surface area contributed by atoms with Crippen LogP contribution in [0.3, 0.4) is 0 Å². The van der Waals surface area contributed by atoms with Crippen LogP contribution in [0.2, 0.25) is 0 Å². The molecular weight excluding hydrogens is 232 g/mol. The molecule has 0 aliphatic rings. The number of methoxy groups -OCH3 is 1. The summed E-state index contributed by atoms with van der Waals surface area (Å²) in [5.74, 6) is 1.33. The molecule has 0 atom stereocenters. The van der Waals surface area contributed by atoms with E-state index in [9.17, 15) is 0 Å². The molecule has 2 aromatic heterocycles. The number of nitrogen functional groups attached to an aromatic ring is 1. The van der Waals surface area contributed by atoms with Gasteiger partial charge in [0, 0.05) is 12.3 Å². The number of hydrogen-bond donors (Lipinski definition) is 1. The van der Waals surface area contributed by atoms with Crippen molar-refractivity contribution in [3.8, 4) is 5.75 Å². The Hall–Kier alpha value is -2.50. The van der Waals surface area contributed by atoms with Crippen LogP contribution in [0.25, 0.3) is 11.1 Å². The number of oxazole rings is 1. The predicted octanol–water partition coefficient (Wildman–Crippen LogP) is 1.66. The van der Waals surface area contributed by atoms with Crippen molar-refractivity contribution in [3.63, 3.8) is 0 Å². The molecule has 0 radical (unpaired) electrons. The van der Waals surface area contributed by atoms with Crippen molar-refractivity contribution >= 4 is 16.8 Å². The van der Waals surface area contributed by atoms with Crippen LogP contribution in [0.1, 0.15) is 5.89 Å². The molecule has 2 N–H and O–H groups in total. The smallest absolute Gasteiger partial charge is 0.217 e. The zero-order valence-corrected chi connectivity index (χ0v) is 9.83.